The predicted octanol–water partition coefficient (Wildman–Crippen LogP) is 3.01. The smallest absolute Gasteiger partial charge is 0.0877 e. The minimum atomic E-state index is -0.648. The third kappa shape index (κ3) is 2.66. The molecule has 0 aliphatic rings. The first kappa shape index (κ1) is 13.7. The summed E-state index contributed by atoms with van der Waals surface area (Å²) >= 11 is 0. The summed E-state index contributed by atoms with van der Waals surface area (Å²) in [4.78, 5) is 4.13. The first-order chi connectivity index (χ1) is 10.3. The molecule has 0 aliphatic carbocycles. The van der Waals surface area contributed by atoms with Gasteiger partial charge in [0, 0.05) is 24.9 Å². The van der Waals surface area contributed by atoms with E-state index in [1.807, 2.05) is 54.6 Å². The molecule has 2 aromatic carbocycles. The summed E-state index contributed by atoms with van der Waals surface area (Å²) in [5.74, 6) is -0.162. The number of aliphatic hydroxyl groups excluding tert-OH is 1. The van der Waals surface area contributed by atoms with E-state index in [9.17, 15) is 5.11 Å². The van der Waals surface area contributed by atoms with Crippen molar-refractivity contribution in [1.29, 1.82) is 0 Å². The summed E-state index contributed by atoms with van der Waals surface area (Å²) in [6, 6.07) is 17.9. The van der Waals surface area contributed by atoms with Crippen LogP contribution in [0.4, 0.5) is 0 Å². The van der Waals surface area contributed by atoms with Crippen molar-refractivity contribution in [3.63, 3.8) is 0 Å². The Balaban J connectivity index is 2.05. The summed E-state index contributed by atoms with van der Waals surface area (Å²) in [5, 5.41) is 13.0. The molecule has 106 valence electrons. The monoisotopic (exact) mass is 278 g/mol. The zero-order valence-corrected chi connectivity index (χ0v) is 11.7. The summed E-state index contributed by atoms with van der Waals surface area (Å²) in [7, 11) is 0. The van der Waals surface area contributed by atoms with Crippen molar-refractivity contribution in [2.75, 3.05) is 6.54 Å². The van der Waals surface area contributed by atoms with E-state index in [4.69, 9.17) is 5.73 Å². The number of aliphatic hydroxyl groups is 1. The molecule has 2 unspecified atom stereocenters. The van der Waals surface area contributed by atoms with Crippen LogP contribution in [0.15, 0.2) is 67.0 Å². The van der Waals surface area contributed by atoms with Gasteiger partial charge in [-0.1, -0.05) is 48.5 Å². The van der Waals surface area contributed by atoms with E-state index in [1.54, 1.807) is 12.4 Å². The zero-order valence-electron chi connectivity index (χ0n) is 11.7. The van der Waals surface area contributed by atoms with Gasteiger partial charge in [0.05, 0.1) is 6.10 Å². The predicted molar refractivity (Wildman–Crippen MR) is 84.9 cm³/mol. The molecule has 0 spiro atoms. The number of nitrogens with zero attached hydrogens (tertiary/aromatic N) is 1. The average molecular weight is 278 g/mol. The van der Waals surface area contributed by atoms with Gasteiger partial charge in [-0.25, -0.2) is 0 Å². The molecule has 3 heteroatoms. The number of nitrogens with two attached hydrogens (primary N) is 1. The lowest BCUT2D eigenvalue weighted by molar-refractivity contribution is 0.149. The number of aromatic nitrogens is 1. The normalized spacial score (nSPS) is 14.0. The van der Waals surface area contributed by atoms with Crippen molar-refractivity contribution in [1.82, 2.24) is 4.98 Å². The molecule has 2 atom stereocenters. The van der Waals surface area contributed by atoms with Gasteiger partial charge >= 0.3 is 0 Å². The van der Waals surface area contributed by atoms with E-state index in [0.29, 0.717) is 6.54 Å². The lowest BCUT2D eigenvalue weighted by Crippen LogP contribution is -2.20. The molecule has 0 saturated carbocycles. The van der Waals surface area contributed by atoms with Crippen LogP contribution < -0.4 is 5.73 Å². The van der Waals surface area contributed by atoms with Gasteiger partial charge in [-0.3, -0.25) is 4.98 Å². The summed E-state index contributed by atoms with van der Waals surface area (Å²) < 4.78 is 0. The van der Waals surface area contributed by atoms with Crippen LogP contribution in [-0.2, 0) is 0 Å². The first-order valence-corrected chi connectivity index (χ1v) is 7.07. The maximum atomic E-state index is 10.8. The third-order valence-electron chi connectivity index (χ3n) is 3.89. The Labute approximate surface area is 124 Å². The fourth-order valence-electron chi connectivity index (χ4n) is 2.77. The highest BCUT2D eigenvalue weighted by Crippen LogP contribution is 2.33. The van der Waals surface area contributed by atoms with Gasteiger partial charge < -0.3 is 10.8 Å². The Morgan fingerprint density at radius 2 is 1.81 bits per heavy atom. The lowest BCUT2D eigenvalue weighted by atomic mass is 9.88. The SMILES string of the molecule is NCC(c1cccnc1)C(O)c1cccc2ccccc12. The quantitative estimate of drug-likeness (QED) is 0.771. The molecule has 3 rings (SSSR count). The molecule has 1 aromatic heterocycles. The Hall–Kier alpha value is -2.23. The number of rotatable bonds is 4. The maximum absolute atomic E-state index is 10.8. The molecule has 0 saturated heterocycles. The van der Waals surface area contributed by atoms with E-state index in [2.05, 4.69) is 4.98 Å². The number of hydrogen-bond acceptors (Lipinski definition) is 3. The molecule has 3 nitrogen and oxygen atoms in total. The van der Waals surface area contributed by atoms with Crippen LogP contribution >= 0.6 is 0 Å². The third-order valence-corrected chi connectivity index (χ3v) is 3.89. The number of benzene rings is 2. The van der Waals surface area contributed by atoms with Gasteiger partial charge in [-0.15, -0.1) is 0 Å². The topological polar surface area (TPSA) is 59.1 Å². The molecule has 3 aromatic rings. The second kappa shape index (κ2) is 6.04. The van der Waals surface area contributed by atoms with Crippen LogP contribution in [0.5, 0.6) is 0 Å². The fraction of sp³-hybridized carbons (Fsp3) is 0.167. The van der Waals surface area contributed by atoms with Crippen LogP contribution in [0.25, 0.3) is 10.8 Å². The van der Waals surface area contributed by atoms with Crippen LogP contribution in [0.1, 0.15) is 23.1 Å². The Kier molecular flexibility index (Phi) is 3.95. The second-order valence-corrected chi connectivity index (χ2v) is 5.14. The van der Waals surface area contributed by atoms with Crippen LogP contribution in [0.2, 0.25) is 0 Å². The zero-order chi connectivity index (χ0) is 14.7. The van der Waals surface area contributed by atoms with Gasteiger partial charge in [-0.05, 0) is 28.0 Å². The van der Waals surface area contributed by atoms with Gasteiger partial charge in [0.1, 0.15) is 0 Å². The molecular formula is C18H18N2O. The minimum Gasteiger partial charge on any atom is -0.388 e. The molecule has 0 radical (unpaired) electrons. The molecular weight excluding hydrogens is 260 g/mol. The lowest BCUT2D eigenvalue weighted by Gasteiger charge is -2.23. The summed E-state index contributed by atoms with van der Waals surface area (Å²) in [6.45, 7) is 0.371. The van der Waals surface area contributed by atoms with E-state index in [1.165, 1.54) is 0 Å². The van der Waals surface area contributed by atoms with Crippen LogP contribution in [-0.4, -0.2) is 16.6 Å². The van der Waals surface area contributed by atoms with Gasteiger partial charge in [0.2, 0.25) is 0 Å². The number of fused-ring (bicyclic) bond motifs is 1. The van der Waals surface area contributed by atoms with Crippen molar-refractivity contribution >= 4 is 10.8 Å². The highest BCUT2D eigenvalue weighted by molar-refractivity contribution is 5.86. The molecule has 0 fully saturated rings. The van der Waals surface area contributed by atoms with E-state index >= 15 is 0 Å². The summed E-state index contributed by atoms with van der Waals surface area (Å²) in [6.07, 6.45) is 2.85. The maximum Gasteiger partial charge on any atom is 0.0877 e. The Bertz CT molecular complexity index is 722. The van der Waals surface area contributed by atoms with Crippen molar-refractivity contribution < 1.29 is 5.11 Å². The highest BCUT2D eigenvalue weighted by Gasteiger charge is 2.23. The molecule has 0 aliphatic heterocycles. The Morgan fingerprint density at radius 1 is 1.00 bits per heavy atom. The van der Waals surface area contributed by atoms with Crippen molar-refractivity contribution in [2.45, 2.75) is 12.0 Å². The fourth-order valence-corrected chi connectivity index (χ4v) is 2.77. The molecule has 21 heavy (non-hydrogen) atoms. The minimum absolute atomic E-state index is 0.162. The largest absolute Gasteiger partial charge is 0.388 e. The van der Waals surface area contributed by atoms with E-state index in [-0.39, 0.29) is 5.92 Å². The van der Waals surface area contributed by atoms with E-state index < -0.39 is 6.10 Å². The van der Waals surface area contributed by atoms with Gasteiger partial charge in [-0.2, -0.15) is 0 Å². The van der Waals surface area contributed by atoms with Crippen molar-refractivity contribution in [3.8, 4) is 0 Å². The molecule has 1 heterocycles. The van der Waals surface area contributed by atoms with E-state index in [0.717, 1.165) is 21.9 Å². The number of pyridine rings is 1. The van der Waals surface area contributed by atoms with Crippen LogP contribution in [0.3, 0.4) is 0 Å². The molecule has 3 N–H and O–H groups in total. The molecule has 0 amide bonds. The standard InChI is InChI=1S/C18H18N2O/c19-11-17(14-7-4-10-20-12-14)18(21)16-9-3-6-13-5-1-2-8-15(13)16/h1-10,12,17-18,21H,11,19H2. The first-order valence-electron chi connectivity index (χ1n) is 7.07. The Morgan fingerprint density at radius 3 is 2.57 bits per heavy atom. The summed E-state index contributed by atoms with van der Waals surface area (Å²) in [5.41, 5.74) is 7.77. The molecule has 0 bridgehead atoms. The number of hydrogen-bond donors (Lipinski definition) is 2. The van der Waals surface area contributed by atoms with Crippen molar-refractivity contribution in [2.24, 2.45) is 5.73 Å². The van der Waals surface area contributed by atoms with Crippen LogP contribution in [0, 0.1) is 0 Å². The van der Waals surface area contributed by atoms with Gasteiger partial charge in [0.15, 0.2) is 0 Å². The highest BCUT2D eigenvalue weighted by atomic mass is 16.3. The average Bonchev–Trinajstić information content (AvgIpc) is 2.56. The van der Waals surface area contributed by atoms with Gasteiger partial charge in [0.25, 0.3) is 0 Å². The second-order valence-electron chi connectivity index (χ2n) is 5.14. The van der Waals surface area contributed by atoms with Crippen molar-refractivity contribution in [3.05, 3.63) is 78.1 Å².